The molecule has 2 aromatic carbocycles. The Bertz CT molecular complexity index is 1130. The van der Waals surface area contributed by atoms with Crippen molar-refractivity contribution in [2.45, 2.75) is 66.3 Å². The lowest BCUT2D eigenvalue weighted by Gasteiger charge is -2.67. The molecule has 0 atom stereocenters. The van der Waals surface area contributed by atoms with Crippen molar-refractivity contribution >= 4 is 11.4 Å². The summed E-state index contributed by atoms with van der Waals surface area (Å²) in [5, 5.41) is 0. The fraction of sp³-hybridized carbons (Fsp3) is 0.529. The molecule has 1 heterocycles. The maximum Gasteiger partial charge on any atom is 0.134 e. The largest absolute Gasteiger partial charge is 0.495 e. The third kappa shape index (κ3) is 5.00. The first kappa shape index (κ1) is 27.2. The molecule has 1 saturated carbocycles. The van der Waals surface area contributed by atoms with Gasteiger partial charge in [0.1, 0.15) is 5.75 Å². The van der Waals surface area contributed by atoms with Crippen LogP contribution in [0.15, 0.2) is 49.0 Å². The second-order valence-electron chi connectivity index (χ2n) is 12.4. The third-order valence-electron chi connectivity index (χ3n) is 9.64. The SMILES string of the molecule is C#Cc1ccc(CC2C(C)(C)C(N(C)C(=C)c3ccc(N4CCC(CC)CC4)cc3)C2(C)C)cc1OC. The second-order valence-corrected chi connectivity index (χ2v) is 12.4. The Kier molecular flexibility index (Phi) is 7.70. The third-order valence-corrected chi connectivity index (χ3v) is 9.64. The molecule has 1 saturated heterocycles. The summed E-state index contributed by atoms with van der Waals surface area (Å²) >= 11 is 0. The monoisotopic (exact) mass is 498 g/mol. The molecule has 4 rings (SSSR count). The van der Waals surface area contributed by atoms with Crippen molar-refractivity contribution in [3.8, 4) is 18.1 Å². The molecule has 37 heavy (non-hydrogen) atoms. The molecule has 0 unspecified atom stereocenters. The number of methoxy groups -OCH3 is 1. The van der Waals surface area contributed by atoms with Gasteiger partial charge in [-0.1, -0.05) is 71.7 Å². The average Bonchev–Trinajstić information content (AvgIpc) is 2.90. The van der Waals surface area contributed by atoms with E-state index >= 15 is 0 Å². The molecule has 2 aliphatic rings. The number of ether oxygens (including phenoxy) is 1. The van der Waals surface area contributed by atoms with Crippen LogP contribution in [-0.2, 0) is 6.42 Å². The van der Waals surface area contributed by atoms with Crippen LogP contribution in [0.2, 0.25) is 0 Å². The van der Waals surface area contributed by atoms with Gasteiger partial charge in [0.25, 0.3) is 0 Å². The van der Waals surface area contributed by atoms with Crippen molar-refractivity contribution in [1.29, 1.82) is 0 Å². The second kappa shape index (κ2) is 10.5. The quantitative estimate of drug-likeness (QED) is 0.351. The van der Waals surface area contributed by atoms with Gasteiger partial charge in [0.15, 0.2) is 0 Å². The Hall–Kier alpha value is -2.86. The summed E-state index contributed by atoms with van der Waals surface area (Å²) in [6.45, 7) is 18.8. The number of rotatable bonds is 8. The topological polar surface area (TPSA) is 15.7 Å². The zero-order valence-corrected chi connectivity index (χ0v) is 24.1. The van der Waals surface area contributed by atoms with Gasteiger partial charge in [-0.05, 0) is 77.3 Å². The van der Waals surface area contributed by atoms with Gasteiger partial charge in [-0.2, -0.15) is 0 Å². The zero-order valence-electron chi connectivity index (χ0n) is 24.1. The number of benzene rings is 2. The molecule has 0 spiro atoms. The summed E-state index contributed by atoms with van der Waals surface area (Å²) < 4.78 is 5.55. The Morgan fingerprint density at radius 3 is 2.24 bits per heavy atom. The lowest BCUT2D eigenvalue weighted by molar-refractivity contribution is -0.158. The van der Waals surface area contributed by atoms with Crippen LogP contribution in [-0.4, -0.2) is 38.2 Å². The maximum atomic E-state index is 5.64. The van der Waals surface area contributed by atoms with Crippen LogP contribution in [0.1, 0.15) is 70.6 Å². The van der Waals surface area contributed by atoms with E-state index in [1.165, 1.54) is 49.2 Å². The van der Waals surface area contributed by atoms with Gasteiger partial charge in [0.2, 0.25) is 0 Å². The molecule has 1 aliphatic heterocycles. The fourth-order valence-corrected chi connectivity index (χ4v) is 7.77. The van der Waals surface area contributed by atoms with Crippen LogP contribution >= 0.6 is 0 Å². The highest BCUT2D eigenvalue weighted by Gasteiger charge is 2.62. The Balaban J connectivity index is 1.46. The Morgan fingerprint density at radius 1 is 1.08 bits per heavy atom. The summed E-state index contributed by atoms with van der Waals surface area (Å²) in [6, 6.07) is 15.8. The number of piperidine rings is 1. The molecule has 0 amide bonds. The van der Waals surface area contributed by atoms with Crippen molar-refractivity contribution < 1.29 is 4.74 Å². The van der Waals surface area contributed by atoms with Crippen LogP contribution in [0.3, 0.4) is 0 Å². The first-order chi connectivity index (χ1) is 17.5. The first-order valence-electron chi connectivity index (χ1n) is 13.9. The van der Waals surface area contributed by atoms with E-state index in [1.54, 1.807) is 7.11 Å². The van der Waals surface area contributed by atoms with Gasteiger partial charge in [-0.15, -0.1) is 6.42 Å². The van der Waals surface area contributed by atoms with E-state index in [-0.39, 0.29) is 10.8 Å². The minimum Gasteiger partial charge on any atom is -0.495 e. The predicted molar refractivity (Wildman–Crippen MR) is 158 cm³/mol. The first-order valence-corrected chi connectivity index (χ1v) is 13.9. The van der Waals surface area contributed by atoms with Gasteiger partial charge in [-0.25, -0.2) is 0 Å². The number of hydrogen-bond donors (Lipinski definition) is 0. The van der Waals surface area contributed by atoms with Gasteiger partial charge >= 0.3 is 0 Å². The zero-order chi connectivity index (χ0) is 27.0. The summed E-state index contributed by atoms with van der Waals surface area (Å²) in [5.41, 5.74) is 5.99. The van der Waals surface area contributed by atoms with E-state index in [0.717, 1.165) is 29.3 Å². The summed E-state index contributed by atoms with van der Waals surface area (Å²) in [7, 11) is 3.91. The van der Waals surface area contributed by atoms with E-state index in [1.807, 2.05) is 6.07 Å². The van der Waals surface area contributed by atoms with Crippen LogP contribution < -0.4 is 9.64 Å². The highest BCUT2D eigenvalue weighted by Crippen LogP contribution is 2.62. The fourth-order valence-electron chi connectivity index (χ4n) is 7.77. The van der Waals surface area contributed by atoms with Gasteiger partial charge in [-0.3, -0.25) is 0 Å². The molecular formula is C34H46N2O. The van der Waals surface area contributed by atoms with Crippen molar-refractivity contribution in [3.63, 3.8) is 0 Å². The summed E-state index contributed by atoms with van der Waals surface area (Å²) in [6.07, 6.45) is 10.6. The molecule has 0 radical (unpaired) electrons. The Labute approximate surface area is 225 Å². The van der Waals surface area contributed by atoms with Crippen LogP contribution in [0.5, 0.6) is 5.75 Å². The molecule has 1 aliphatic carbocycles. The molecular weight excluding hydrogens is 452 g/mol. The van der Waals surface area contributed by atoms with Crippen molar-refractivity contribution in [2.24, 2.45) is 22.7 Å². The molecule has 0 bridgehead atoms. The molecule has 3 heteroatoms. The van der Waals surface area contributed by atoms with Crippen LogP contribution in [0.4, 0.5) is 5.69 Å². The Morgan fingerprint density at radius 2 is 1.70 bits per heavy atom. The van der Waals surface area contributed by atoms with Crippen molar-refractivity contribution in [2.75, 3.05) is 32.1 Å². The van der Waals surface area contributed by atoms with E-state index in [0.29, 0.717) is 12.0 Å². The smallest absolute Gasteiger partial charge is 0.134 e. The highest BCUT2D eigenvalue weighted by molar-refractivity contribution is 5.65. The van der Waals surface area contributed by atoms with Crippen LogP contribution in [0.25, 0.3) is 5.70 Å². The molecule has 0 N–H and O–H groups in total. The summed E-state index contributed by atoms with van der Waals surface area (Å²) in [4.78, 5) is 4.97. The minimum absolute atomic E-state index is 0.128. The lowest BCUT2D eigenvalue weighted by Crippen LogP contribution is -2.69. The van der Waals surface area contributed by atoms with Crippen molar-refractivity contribution in [3.05, 3.63) is 65.7 Å². The van der Waals surface area contributed by atoms with Crippen molar-refractivity contribution in [1.82, 2.24) is 4.90 Å². The lowest BCUT2D eigenvalue weighted by atomic mass is 9.43. The number of hydrogen-bond acceptors (Lipinski definition) is 3. The normalized spacial score (nSPS) is 22.6. The van der Waals surface area contributed by atoms with Gasteiger partial charge < -0.3 is 14.5 Å². The molecule has 0 aromatic heterocycles. The molecule has 2 fully saturated rings. The number of terminal acetylenes is 1. The van der Waals surface area contributed by atoms with Crippen LogP contribution in [0, 0.1) is 35.0 Å². The van der Waals surface area contributed by atoms with Gasteiger partial charge in [0.05, 0.1) is 12.7 Å². The molecule has 2 aromatic rings. The van der Waals surface area contributed by atoms with E-state index in [4.69, 9.17) is 11.2 Å². The minimum atomic E-state index is 0.128. The van der Waals surface area contributed by atoms with E-state index in [9.17, 15) is 0 Å². The highest BCUT2D eigenvalue weighted by atomic mass is 16.5. The maximum absolute atomic E-state index is 5.64. The molecule has 198 valence electrons. The average molecular weight is 499 g/mol. The van der Waals surface area contributed by atoms with E-state index < -0.39 is 0 Å². The molecule has 3 nitrogen and oxygen atoms in total. The standard InChI is InChI=1S/C34H46N2O/c1-10-25-18-20-36(21-19-25)29-16-14-28(15-17-29)24(3)35(8)32-33(4,5)31(34(32,6)7)23-26-12-13-27(11-2)30(22-26)37-9/h2,12-17,22,25,31-32H,3,10,18-21,23H2,1,4-9H3. The van der Waals surface area contributed by atoms with E-state index in [2.05, 4.69) is 100 Å². The number of anilines is 1. The van der Waals surface area contributed by atoms with Gasteiger partial charge in [0, 0.05) is 37.6 Å². The predicted octanol–water partition coefficient (Wildman–Crippen LogP) is 7.50. The number of nitrogens with zero attached hydrogens (tertiary/aromatic N) is 2. The summed E-state index contributed by atoms with van der Waals surface area (Å²) in [5.74, 6) is 4.92.